The van der Waals surface area contributed by atoms with Gasteiger partial charge >= 0.3 is 0 Å². The zero-order chi connectivity index (χ0) is 21.2. The molecule has 1 fully saturated rings. The predicted molar refractivity (Wildman–Crippen MR) is 120 cm³/mol. The van der Waals surface area contributed by atoms with Crippen LogP contribution in [-0.2, 0) is 0 Å². The third-order valence-corrected chi connectivity index (χ3v) is 5.69. The summed E-state index contributed by atoms with van der Waals surface area (Å²) < 4.78 is 1.88. The van der Waals surface area contributed by atoms with Crippen molar-refractivity contribution in [2.45, 2.75) is 0 Å². The fourth-order valence-electron chi connectivity index (χ4n) is 4.09. The molecule has 2 aromatic carbocycles. The summed E-state index contributed by atoms with van der Waals surface area (Å²) in [5.74, 6) is -0.0111. The third kappa shape index (κ3) is 3.51. The van der Waals surface area contributed by atoms with Crippen molar-refractivity contribution in [3.05, 3.63) is 90.3 Å². The molecule has 0 saturated carbocycles. The molecule has 1 amide bonds. The van der Waals surface area contributed by atoms with Crippen molar-refractivity contribution in [3.63, 3.8) is 0 Å². The molecular formula is C25H21N5O. The van der Waals surface area contributed by atoms with Gasteiger partial charge in [0.2, 0.25) is 0 Å². The van der Waals surface area contributed by atoms with E-state index >= 15 is 0 Å². The van der Waals surface area contributed by atoms with E-state index in [9.17, 15) is 4.79 Å². The van der Waals surface area contributed by atoms with Gasteiger partial charge in [0.25, 0.3) is 5.91 Å². The second kappa shape index (κ2) is 7.96. The van der Waals surface area contributed by atoms with Crippen LogP contribution in [0.2, 0.25) is 0 Å². The third-order valence-electron chi connectivity index (χ3n) is 5.69. The standard InChI is InChI=1S/C25H21N5O/c26-18-19-7-6-10-21(17-19)28-13-15-29(16-14-28)25(31)24-23(20-8-2-1-3-9-20)27-22-11-4-5-12-30(22)24/h1-12,17H,13-16H2. The molecule has 0 spiro atoms. The highest BCUT2D eigenvalue weighted by atomic mass is 16.2. The molecule has 1 aliphatic heterocycles. The van der Waals surface area contributed by atoms with E-state index in [4.69, 9.17) is 10.2 Å². The number of nitrogens with zero attached hydrogens (tertiary/aromatic N) is 5. The molecular weight excluding hydrogens is 386 g/mol. The number of carbonyl (C=O) groups is 1. The first kappa shape index (κ1) is 18.9. The highest BCUT2D eigenvalue weighted by Crippen LogP contribution is 2.26. The van der Waals surface area contributed by atoms with Gasteiger partial charge in [-0.1, -0.05) is 42.5 Å². The number of hydrogen-bond donors (Lipinski definition) is 0. The summed E-state index contributed by atoms with van der Waals surface area (Å²) in [6, 6.07) is 25.4. The van der Waals surface area contributed by atoms with Gasteiger partial charge in [-0.2, -0.15) is 5.26 Å². The van der Waals surface area contributed by atoms with Gasteiger partial charge < -0.3 is 9.80 Å². The molecule has 3 heterocycles. The second-order valence-corrected chi connectivity index (χ2v) is 7.55. The van der Waals surface area contributed by atoms with Crippen LogP contribution in [0, 0.1) is 11.3 Å². The van der Waals surface area contributed by atoms with E-state index in [0.717, 1.165) is 30.0 Å². The van der Waals surface area contributed by atoms with Crippen molar-refractivity contribution in [2.24, 2.45) is 0 Å². The van der Waals surface area contributed by atoms with E-state index < -0.39 is 0 Å². The SMILES string of the molecule is N#Cc1cccc(N2CCN(C(=O)c3c(-c4ccccc4)nc4ccccn34)CC2)c1. The first-order valence-electron chi connectivity index (χ1n) is 10.3. The maximum Gasteiger partial charge on any atom is 0.273 e. The number of fused-ring (bicyclic) bond motifs is 1. The number of benzene rings is 2. The largest absolute Gasteiger partial charge is 0.368 e. The van der Waals surface area contributed by atoms with Crippen molar-refractivity contribution < 1.29 is 4.79 Å². The van der Waals surface area contributed by atoms with E-state index in [0.29, 0.717) is 30.0 Å². The number of nitriles is 1. The van der Waals surface area contributed by atoms with Crippen LogP contribution in [0.1, 0.15) is 16.1 Å². The van der Waals surface area contributed by atoms with Gasteiger partial charge in [0, 0.05) is 43.6 Å². The first-order valence-corrected chi connectivity index (χ1v) is 10.3. The lowest BCUT2D eigenvalue weighted by Crippen LogP contribution is -2.49. The minimum absolute atomic E-state index is 0.0111. The van der Waals surface area contributed by atoms with E-state index in [1.54, 1.807) is 6.07 Å². The van der Waals surface area contributed by atoms with Crippen LogP contribution >= 0.6 is 0 Å². The van der Waals surface area contributed by atoms with Gasteiger partial charge in [-0.05, 0) is 30.3 Å². The smallest absolute Gasteiger partial charge is 0.273 e. The number of aromatic nitrogens is 2. The molecule has 0 atom stereocenters. The summed E-state index contributed by atoms with van der Waals surface area (Å²) in [4.78, 5) is 22.5. The van der Waals surface area contributed by atoms with Crippen LogP contribution in [0.5, 0.6) is 0 Å². The van der Waals surface area contributed by atoms with Gasteiger partial charge in [-0.15, -0.1) is 0 Å². The minimum atomic E-state index is -0.0111. The van der Waals surface area contributed by atoms with Crippen molar-refractivity contribution in [1.29, 1.82) is 5.26 Å². The lowest BCUT2D eigenvalue weighted by Gasteiger charge is -2.36. The summed E-state index contributed by atoms with van der Waals surface area (Å²) in [6.45, 7) is 2.67. The zero-order valence-corrected chi connectivity index (χ0v) is 17.0. The fourth-order valence-corrected chi connectivity index (χ4v) is 4.09. The highest BCUT2D eigenvalue weighted by Gasteiger charge is 2.28. The van der Waals surface area contributed by atoms with Crippen molar-refractivity contribution >= 4 is 17.2 Å². The Hall–Kier alpha value is -4.11. The maximum atomic E-state index is 13.6. The number of hydrogen-bond acceptors (Lipinski definition) is 4. The number of rotatable bonds is 3. The van der Waals surface area contributed by atoms with Crippen molar-refractivity contribution in [3.8, 4) is 17.3 Å². The Labute approximate surface area is 180 Å². The molecule has 152 valence electrons. The zero-order valence-electron chi connectivity index (χ0n) is 17.0. The molecule has 0 bridgehead atoms. The van der Waals surface area contributed by atoms with Gasteiger partial charge in [0.1, 0.15) is 17.0 Å². The van der Waals surface area contributed by atoms with Gasteiger partial charge in [0.15, 0.2) is 0 Å². The summed E-state index contributed by atoms with van der Waals surface area (Å²) in [5, 5.41) is 9.16. The van der Waals surface area contributed by atoms with Gasteiger partial charge in [-0.25, -0.2) is 4.98 Å². The Morgan fingerprint density at radius 1 is 0.903 bits per heavy atom. The van der Waals surface area contributed by atoms with Gasteiger partial charge in [-0.3, -0.25) is 9.20 Å². The topological polar surface area (TPSA) is 64.6 Å². The Morgan fingerprint density at radius 3 is 2.45 bits per heavy atom. The molecule has 1 aliphatic rings. The summed E-state index contributed by atoms with van der Waals surface area (Å²) in [5.41, 5.74) is 4.67. The average molecular weight is 407 g/mol. The van der Waals surface area contributed by atoms with E-state index in [-0.39, 0.29) is 5.91 Å². The average Bonchev–Trinajstić information content (AvgIpc) is 3.24. The Kier molecular flexibility index (Phi) is 4.85. The van der Waals surface area contributed by atoms with Crippen molar-refractivity contribution in [2.75, 3.05) is 31.1 Å². The number of carbonyl (C=O) groups excluding carboxylic acids is 1. The van der Waals surface area contributed by atoms with E-state index in [1.165, 1.54) is 0 Å². The second-order valence-electron chi connectivity index (χ2n) is 7.55. The van der Waals surface area contributed by atoms with Crippen LogP contribution in [0.3, 0.4) is 0 Å². The number of anilines is 1. The lowest BCUT2D eigenvalue weighted by atomic mass is 10.1. The Bertz CT molecular complexity index is 1280. The number of amides is 1. The molecule has 0 radical (unpaired) electrons. The molecule has 31 heavy (non-hydrogen) atoms. The van der Waals surface area contributed by atoms with E-state index in [2.05, 4.69) is 11.0 Å². The maximum absolute atomic E-state index is 13.6. The summed E-state index contributed by atoms with van der Waals surface area (Å²) >= 11 is 0. The molecule has 6 heteroatoms. The van der Waals surface area contributed by atoms with Crippen LogP contribution in [0.4, 0.5) is 5.69 Å². The number of piperazine rings is 1. The molecule has 0 aliphatic carbocycles. The molecule has 0 unspecified atom stereocenters. The molecule has 2 aromatic heterocycles. The van der Waals surface area contributed by atoms with Crippen LogP contribution in [0.25, 0.3) is 16.9 Å². The quantitative estimate of drug-likeness (QED) is 0.518. The fraction of sp³-hybridized carbons (Fsp3) is 0.160. The van der Waals surface area contributed by atoms with Crippen LogP contribution < -0.4 is 4.90 Å². The summed E-state index contributed by atoms with van der Waals surface area (Å²) in [6.07, 6.45) is 1.89. The van der Waals surface area contributed by atoms with Crippen molar-refractivity contribution in [1.82, 2.24) is 14.3 Å². The molecule has 0 N–H and O–H groups in total. The monoisotopic (exact) mass is 407 g/mol. The minimum Gasteiger partial charge on any atom is -0.368 e. The van der Waals surface area contributed by atoms with E-state index in [1.807, 2.05) is 82.2 Å². The molecule has 4 aromatic rings. The Morgan fingerprint density at radius 2 is 1.68 bits per heavy atom. The molecule has 5 rings (SSSR count). The normalized spacial score (nSPS) is 13.9. The molecule has 1 saturated heterocycles. The molecule has 6 nitrogen and oxygen atoms in total. The van der Waals surface area contributed by atoms with Crippen LogP contribution in [-0.4, -0.2) is 46.4 Å². The predicted octanol–water partition coefficient (Wildman–Crippen LogP) is 3.84. The summed E-state index contributed by atoms with van der Waals surface area (Å²) in [7, 11) is 0. The van der Waals surface area contributed by atoms with Crippen LogP contribution in [0.15, 0.2) is 79.0 Å². The number of pyridine rings is 1. The Balaban J connectivity index is 1.43. The number of imidazole rings is 1. The first-order chi connectivity index (χ1) is 15.2. The lowest BCUT2D eigenvalue weighted by molar-refractivity contribution is 0.0740. The van der Waals surface area contributed by atoms with Gasteiger partial charge in [0.05, 0.1) is 11.6 Å². The highest BCUT2D eigenvalue weighted by molar-refractivity contribution is 5.99.